The van der Waals surface area contributed by atoms with Gasteiger partial charge in [-0.25, -0.2) is 0 Å². The van der Waals surface area contributed by atoms with Crippen LogP contribution in [-0.2, 0) is 12.8 Å². The van der Waals surface area contributed by atoms with Gasteiger partial charge in [-0.05, 0) is 49.7 Å². The molecule has 0 aromatic carbocycles. The van der Waals surface area contributed by atoms with E-state index >= 15 is 0 Å². The molecule has 1 amide bonds. The second-order valence-corrected chi connectivity index (χ2v) is 6.26. The topological polar surface area (TPSA) is 88.0 Å². The third kappa shape index (κ3) is 4.58. The number of fused-ring (bicyclic) bond motifs is 1. The molecule has 22 heavy (non-hydrogen) atoms. The monoisotopic (exact) mass is 327 g/mol. The molecule has 1 atom stereocenters. The van der Waals surface area contributed by atoms with E-state index in [1.54, 1.807) is 6.07 Å². The molecule has 1 aliphatic carbocycles. The molecule has 1 aromatic rings. The number of H-pyrrole nitrogens is 1. The molecule has 0 radical (unpaired) electrons. The number of amides is 1. The third-order valence-corrected chi connectivity index (χ3v) is 3.96. The standard InChI is InChI=1S/C16H25N3O2.ClH/c1-10(2)7-12(9-17)18-15(20)13-8-11-5-3-4-6-14(11)19-16(13)21;/h8,10,12H,3-7,9,17H2,1-2H3,(H,18,20)(H,19,21);1H. The fourth-order valence-electron chi connectivity index (χ4n) is 2.89. The van der Waals surface area contributed by atoms with Crippen molar-refractivity contribution in [3.05, 3.63) is 33.2 Å². The van der Waals surface area contributed by atoms with Crippen molar-refractivity contribution in [3.8, 4) is 0 Å². The lowest BCUT2D eigenvalue weighted by atomic mass is 9.95. The average molecular weight is 328 g/mol. The number of halogens is 1. The molecule has 1 heterocycles. The van der Waals surface area contributed by atoms with Gasteiger partial charge < -0.3 is 16.0 Å². The summed E-state index contributed by atoms with van der Waals surface area (Å²) in [6, 6.07) is 1.67. The first kappa shape index (κ1) is 18.7. The van der Waals surface area contributed by atoms with Crippen molar-refractivity contribution in [2.24, 2.45) is 11.7 Å². The second-order valence-electron chi connectivity index (χ2n) is 6.26. The normalized spacial score (nSPS) is 14.9. The molecule has 0 aliphatic heterocycles. The van der Waals surface area contributed by atoms with Crippen LogP contribution in [0.4, 0.5) is 0 Å². The van der Waals surface area contributed by atoms with Crippen molar-refractivity contribution in [2.75, 3.05) is 6.54 Å². The number of nitrogens with two attached hydrogens (primary N) is 1. The first-order chi connectivity index (χ1) is 10.0. The van der Waals surface area contributed by atoms with Crippen molar-refractivity contribution >= 4 is 18.3 Å². The number of aryl methyl sites for hydroxylation is 2. The van der Waals surface area contributed by atoms with Crippen molar-refractivity contribution in [1.29, 1.82) is 0 Å². The number of aromatic amines is 1. The number of aromatic nitrogens is 1. The Balaban J connectivity index is 0.00000242. The fourth-order valence-corrected chi connectivity index (χ4v) is 2.89. The minimum atomic E-state index is -0.319. The highest BCUT2D eigenvalue weighted by atomic mass is 35.5. The zero-order valence-electron chi connectivity index (χ0n) is 13.3. The summed E-state index contributed by atoms with van der Waals surface area (Å²) in [6.45, 7) is 4.55. The summed E-state index contributed by atoms with van der Waals surface area (Å²) < 4.78 is 0. The second kappa shape index (κ2) is 8.34. The molecule has 124 valence electrons. The van der Waals surface area contributed by atoms with E-state index in [1.807, 2.05) is 0 Å². The number of carbonyl (C=O) groups excluding carboxylic acids is 1. The Morgan fingerprint density at radius 2 is 2.05 bits per heavy atom. The van der Waals surface area contributed by atoms with E-state index in [0.717, 1.165) is 43.4 Å². The first-order valence-electron chi connectivity index (χ1n) is 7.77. The van der Waals surface area contributed by atoms with Gasteiger partial charge in [-0.3, -0.25) is 9.59 Å². The molecule has 0 saturated heterocycles. The summed E-state index contributed by atoms with van der Waals surface area (Å²) in [7, 11) is 0. The number of pyridine rings is 1. The number of hydrogen-bond acceptors (Lipinski definition) is 3. The smallest absolute Gasteiger partial charge is 0.261 e. The van der Waals surface area contributed by atoms with Crippen LogP contribution < -0.4 is 16.6 Å². The molecule has 4 N–H and O–H groups in total. The quantitative estimate of drug-likeness (QED) is 0.770. The van der Waals surface area contributed by atoms with Gasteiger partial charge in [0.05, 0.1) is 0 Å². The van der Waals surface area contributed by atoms with E-state index in [4.69, 9.17) is 5.73 Å². The van der Waals surface area contributed by atoms with Gasteiger partial charge in [0.2, 0.25) is 0 Å². The Morgan fingerprint density at radius 3 is 2.68 bits per heavy atom. The Morgan fingerprint density at radius 1 is 1.36 bits per heavy atom. The minimum absolute atomic E-state index is 0. The summed E-state index contributed by atoms with van der Waals surface area (Å²) in [6.07, 6.45) is 4.84. The predicted octanol–water partition coefficient (Wildman–Crippen LogP) is 1.78. The van der Waals surface area contributed by atoms with E-state index in [9.17, 15) is 9.59 Å². The van der Waals surface area contributed by atoms with Crippen molar-refractivity contribution in [1.82, 2.24) is 10.3 Å². The summed E-state index contributed by atoms with van der Waals surface area (Å²) in [5.74, 6) is 0.126. The zero-order chi connectivity index (χ0) is 15.4. The number of hydrogen-bond donors (Lipinski definition) is 3. The lowest BCUT2D eigenvalue weighted by Crippen LogP contribution is -2.43. The fraction of sp³-hybridized carbons (Fsp3) is 0.625. The highest BCUT2D eigenvalue weighted by molar-refractivity contribution is 5.94. The van der Waals surface area contributed by atoms with Crippen LogP contribution in [0.25, 0.3) is 0 Å². The molecular weight excluding hydrogens is 302 g/mol. The molecule has 1 aromatic heterocycles. The lowest BCUT2D eigenvalue weighted by Gasteiger charge is -2.20. The maximum Gasteiger partial charge on any atom is 0.261 e. The van der Waals surface area contributed by atoms with Gasteiger partial charge in [-0.2, -0.15) is 0 Å². The molecule has 1 aliphatic rings. The maximum absolute atomic E-state index is 12.3. The van der Waals surface area contributed by atoms with Gasteiger partial charge in [-0.1, -0.05) is 13.8 Å². The number of carbonyl (C=O) groups is 1. The van der Waals surface area contributed by atoms with E-state index in [0.29, 0.717) is 12.5 Å². The van der Waals surface area contributed by atoms with E-state index in [-0.39, 0.29) is 35.5 Å². The molecule has 0 spiro atoms. The van der Waals surface area contributed by atoms with Gasteiger partial charge in [0.1, 0.15) is 5.56 Å². The van der Waals surface area contributed by atoms with Crippen LogP contribution in [0.3, 0.4) is 0 Å². The van der Waals surface area contributed by atoms with Gasteiger partial charge in [0.25, 0.3) is 11.5 Å². The maximum atomic E-state index is 12.3. The number of nitrogens with one attached hydrogen (secondary N) is 2. The van der Waals surface area contributed by atoms with Gasteiger partial charge >= 0.3 is 0 Å². The molecule has 1 unspecified atom stereocenters. The zero-order valence-corrected chi connectivity index (χ0v) is 14.1. The van der Waals surface area contributed by atoms with Gasteiger partial charge in [0.15, 0.2) is 0 Å². The van der Waals surface area contributed by atoms with Crippen LogP contribution in [-0.4, -0.2) is 23.5 Å². The van der Waals surface area contributed by atoms with Gasteiger partial charge in [-0.15, -0.1) is 12.4 Å². The molecule has 0 saturated carbocycles. The largest absolute Gasteiger partial charge is 0.348 e. The summed E-state index contributed by atoms with van der Waals surface area (Å²) in [4.78, 5) is 27.3. The van der Waals surface area contributed by atoms with E-state index in [2.05, 4.69) is 24.1 Å². The number of rotatable bonds is 5. The van der Waals surface area contributed by atoms with Crippen LogP contribution in [0.5, 0.6) is 0 Å². The van der Waals surface area contributed by atoms with Crippen LogP contribution >= 0.6 is 12.4 Å². The summed E-state index contributed by atoms with van der Waals surface area (Å²) in [5.41, 5.74) is 7.69. The Bertz CT molecular complexity index is 569. The molecule has 6 heteroatoms. The van der Waals surface area contributed by atoms with E-state index < -0.39 is 0 Å². The average Bonchev–Trinajstić information content (AvgIpc) is 2.45. The molecule has 0 fully saturated rings. The highest BCUT2D eigenvalue weighted by Gasteiger charge is 2.19. The van der Waals surface area contributed by atoms with Crippen molar-refractivity contribution in [3.63, 3.8) is 0 Å². The molecule has 2 rings (SSSR count). The Labute approximate surface area is 137 Å². The Hall–Kier alpha value is -1.33. The lowest BCUT2D eigenvalue weighted by molar-refractivity contribution is 0.0932. The molecule has 0 bridgehead atoms. The Kier molecular flexibility index (Phi) is 7.10. The molecule has 5 nitrogen and oxygen atoms in total. The highest BCUT2D eigenvalue weighted by Crippen LogP contribution is 2.18. The summed E-state index contributed by atoms with van der Waals surface area (Å²) in [5, 5.41) is 2.88. The summed E-state index contributed by atoms with van der Waals surface area (Å²) >= 11 is 0. The van der Waals surface area contributed by atoms with Crippen LogP contribution in [0.1, 0.15) is 54.7 Å². The SMILES string of the molecule is CC(C)CC(CN)NC(=O)c1cc2c([nH]c1=O)CCCC2.Cl. The van der Waals surface area contributed by atoms with Crippen molar-refractivity contribution < 1.29 is 4.79 Å². The first-order valence-corrected chi connectivity index (χ1v) is 7.77. The van der Waals surface area contributed by atoms with Crippen LogP contribution in [0, 0.1) is 5.92 Å². The predicted molar refractivity (Wildman–Crippen MR) is 90.7 cm³/mol. The van der Waals surface area contributed by atoms with Crippen molar-refractivity contribution in [2.45, 2.75) is 52.0 Å². The van der Waals surface area contributed by atoms with E-state index in [1.165, 1.54) is 0 Å². The van der Waals surface area contributed by atoms with Crippen LogP contribution in [0.15, 0.2) is 10.9 Å². The van der Waals surface area contributed by atoms with Crippen LogP contribution in [0.2, 0.25) is 0 Å². The van der Waals surface area contributed by atoms with Gasteiger partial charge in [0, 0.05) is 18.3 Å². The molecular formula is C16H26ClN3O2. The minimum Gasteiger partial charge on any atom is -0.348 e. The third-order valence-electron chi connectivity index (χ3n) is 3.96.